The van der Waals surface area contributed by atoms with Crippen LogP contribution < -0.4 is 11.1 Å². The number of hydrogen-bond acceptors (Lipinski definition) is 3. The Morgan fingerprint density at radius 1 is 1.57 bits per heavy atom. The normalized spacial score (nSPS) is 18.4. The fourth-order valence-electron chi connectivity index (χ4n) is 1.65. The second-order valence-corrected chi connectivity index (χ2v) is 5.08. The Morgan fingerprint density at radius 2 is 2.43 bits per heavy atom. The van der Waals surface area contributed by atoms with Crippen LogP contribution in [0, 0.1) is 5.92 Å². The Bertz CT molecular complexity index is 254. The Hall–Kier alpha value is -0.380. The van der Waals surface area contributed by atoms with E-state index in [4.69, 9.17) is 5.73 Å². The molecule has 0 bridgehead atoms. The number of nitrogens with one attached hydrogen (secondary N) is 1. The van der Waals surface area contributed by atoms with E-state index >= 15 is 0 Å². The molecule has 1 saturated carbocycles. The molecular weight excluding hydrogens is 192 g/mol. The highest BCUT2D eigenvalue weighted by Crippen LogP contribution is 2.32. The zero-order valence-electron chi connectivity index (χ0n) is 8.41. The molecule has 0 aromatic carbocycles. The van der Waals surface area contributed by atoms with Crippen LogP contribution in [-0.2, 0) is 6.54 Å². The van der Waals surface area contributed by atoms with E-state index < -0.39 is 0 Å². The van der Waals surface area contributed by atoms with Crippen molar-refractivity contribution in [3.8, 4) is 0 Å². The minimum atomic E-state index is 0.436. The third-order valence-electron chi connectivity index (χ3n) is 2.76. The van der Waals surface area contributed by atoms with Gasteiger partial charge in [0.25, 0.3) is 0 Å². The van der Waals surface area contributed by atoms with Crippen molar-refractivity contribution in [1.82, 2.24) is 5.32 Å². The third kappa shape index (κ3) is 3.08. The largest absolute Gasteiger partial charge is 0.327 e. The summed E-state index contributed by atoms with van der Waals surface area (Å²) in [6.45, 7) is 2.05. The standard InChI is InChI=1S/C11H18N2S/c12-11(9-3-4-9)5-6-13-8-10-2-1-7-14-10/h1-2,7,9,11,13H,3-6,8,12H2. The second-order valence-electron chi connectivity index (χ2n) is 4.05. The zero-order chi connectivity index (χ0) is 9.80. The van der Waals surface area contributed by atoms with Crippen LogP contribution in [0.2, 0.25) is 0 Å². The zero-order valence-corrected chi connectivity index (χ0v) is 9.22. The maximum atomic E-state index is 6.00. The molecule has 0 radical (unpaired) electrons. The quantitative estimate of drug-likeness (QED) is 0.704. The Kier molecular flexibility index (Phi) is 3.56. The summed E-state index contributed by atoms with van der Waals surface area (Å²) in [5.74, 6) is 0.832. The number of nitrogens with two attached hydrogens (primary N) is 1. The molecule has 1 unspecified atom stereocenters. The summed E-state index contributed by atoms with van der Waals surface area (Å²) in [5.41, 5.74) is 6.00. The SMILES string of the molecule is NC(CCNCc1cccs1)C1CC1. The minimum Gasteiger partial charge on any atom is -0.327 e. The molecule has 0 amide bonds. The van der Waals surface area contributed by atoms with Gasteiger partial charge >= 0.3 is 0 Å². The lowest BCUT2D eigenvalue weighted by atomic mass is 10.1. The average Bonchev–Trinajstić information content (AvgIpc) is 2.92. The van der Waals surface area contributed by atoms with E-state index in [0.29, 0.717) is 6.04 Å². The molecule has 3 heteroatoms. The predicted molar refractivity (Wildman–Crippen MR) is 61.3 cm³/mol. The van der Waals surface area contributed by atoms with Gasteiger partial charge in [-0.3, -0.25) is 0 Å². The van der Waals surface area contributed by atoms with Crippen LogP contribution in [-0.4, -0.2) is 12.6 Å². The van der Waals surface area contributed by atoms with Crippen molar-refractivity contribution in [3.63, 3.8) is 0 Å². The summed E-state index contributed by atoms with van der Waals surface area (Å²) in [6, 6.07) is 4.70. The number of hydrogen-bond donors (Lipinski definition) is 2. The number of thiophene rings is 1. The van der Waals surface area contributed by atoms with E-state index in [2.05, 4.69) is 22.8 Å². The van der Waals surface area contributed by atoms with Crippen molar-refractivity contribution in [2.45, 2.75) is 31.8 Å². The minimum absolute atomic E-state index is 0.436. The van der Waals surface area contributed by atoms with Gasteiger partial charge in [-0.15, -0.1) is 11.3 Å². The average molecular weight is 210 g/mol. The maximum absolute atomic E-state index is 6.00. The fourth-order valence-corrected chi connectivity index (χ4v) is 2.33. The first-order chi connectivity index (χ1) is 6.86. The van der Waals surface area contributed by atoms with Crippen molar-refractivity contribution >= 4 is 11.3 Å². The van der Waals surface area contributed by atoms with Crippen LogP contribution in [0.25, 0.3) is 0 Å². The van der Waals surface area contributed by atoms with Crippen LogP contribution in [0.5, 0.6) is 0 Å². The van der Waals surface area contributed by atoms with Crippen LogP contribution in [0.1, 0.15) is 24.1 Å². The Morgan fingerprint density at radius 3 is 3.07 bits per heavy atom. The van der Waals surface area contributed by atoms with Crippen molar-refractivity contribution < 1.29 is 0 Å². The van der Waals surface area contributed by atoms with Crippen molar-refractivity contribution in [1.29, 1.82) is 0 Å². The van der Waals surface area contributed by atoms with E-state index in [1.54, 1.807) is 11.3 Å². The Labute approximate surface area is 89.5 Å². The molecule has 78 valence electrons. The van der Waals surface area contributed by atoms with Gasteiger partial charge < -0.3 is 11.1 Å². The molecule has 2 nitrogen and oxygen atoms in total. The van der Waals surface area contributed by atoms with E-state index in [0.717, 1.165) is 25.4 Å². The first-order valence-electron chi connectivity index (χ1n) is 5.35. The van der Waals surface area contributed by atoms with E-state index in [1.165, 1.54) is 17.7 Å². The van der Waals surface area contributed by atoms with E-state index in [1.807, 2.05) is 0 Å². The summed E-state index contributed by atoms with van der Waals surface area (Å²) in [4.78, 5) is 1.41. The molecule has 1 fully saturated rings. The Balaban J connectivity index is 1.54. The third-order valence-corrected chi connectivity index (χ3v) is 3.64. The highest BCUT2D eigenvalue weighted by Gasteiger charge is 2.27. The molecule has 1 aliphatic rings. The summed E-state index contributed by atoms with van der Waals surface area (Å²) < 4.78 is 0. The highest BCUT2D eigenvalue weighted by atomic mass is 32.1. The van der Waals surface area contributed by atoms with Gasteiger partial charge in [0.2, 0.25) is 0 Å². The maximum Gasteiger partial charge on any atom is 0.0299 e. The highest BCUT2D eigenvalue weighted by molar-refractivity contribution is 7.09. The molecule has 2 rings (SSSR count). The molecule has 1 aromatic rings. The first kappa shape index (κ1) is 10.1. The van der Waals surface area contributed by atoms with Gasteiger partial charge in [-0.05, 0) is 43.2 Å². The topological polar surface area (TPSA) is 38.0 Å². The molecule has 0 spiro atoms. The van der Waals surface area contributed by atoms with E-state index in [9.17, 15) is 0 Å². The lowest BCUT2D eigenvalue weighted by molar-refractivity contribution is 0.518. The second kappa shape index (κ2) is 4.91. The predicted octanol–water partition coefficient (Wildman–Crippen LogP) is 1.97. The fraction of sp³-hybridized carbons (Fsp3) is 0.636. The summed E-state index contributed by atoms with van der Waals surface area (Å²) >= 11 is 1.81. The van der Waals surface area contributed by atoms with Gasteiger partial charge in [0.1, 0.15) is 0 Å². The molecule has 3 N–H and O–H groups in total. The van der Waals surface area contributed by atoms with E-state index in [-0.39, 0.29) is 0 Å². The van der Waals surface area contributed by atoms with Crippen molar-refractivity contribution in [2.75, 3.05) is 6.54 Å². The summed E-state index contributed by atoms with van der Waals surface area (Å²) in [5, 5.41) is 5.55. The van der Waals surface area contributed by atoms with Gasteiger partial charge in [-0.25, -0.2) is 0 Å². The molecule has 0 saturated heterocycles. The van der Waals surface area contributed by atoms with Gasteiger partial charge in [-0.1, -0.05) is 6.07 Å². The molecule has 1 atom stereocenters. The lowest BCUT2D eigenvalue weighted by Crippen LogP contribution is -2.27. The molecule has 1 aromatic heterocycles. The van der Waals surface area contributed by atoms with Gasteiger partial charge in [0.05, 0.1) is 0 Å². The van der Waals surface area contributed by atoms with Crippen LogP contribution in [0.15, 0.2) is 17.5 Å². The first-order valence-corrected chi connectivity index (χ1v) is 6.23. The smallest absolute Gasteiger partial charge is 0.0299 e. The van der Waals surface area contributed by atoms with Crippen molar-refractivity contribution in [2.24, 2.45) is 11.7 Å². The lowest BCUT2D eigenvalue weighted by Gasteiger charge is -2.09. The molecular formula is C11H18N2S. The summed E-state index contributed by atoms with van der Waals surface area (Å²) in [7, 11) is 0. The number of rotatable bonds is 6. The van der Waals surface area contributed by atoms with Gasteiger partial charge in [-0.2, -0.15) is 0 Å². The van der Waals surface area contributed by atoms with Gasteiger partial charge in [0, 0.05) is 17.5 Å². The molecule has 1 heterocycles. The monoisotopic (exact) mass is 210 g/mol. The molecule has 1 aliphatic carbocycles. The van der Waals surface area contributed by atoms with Crippen molar-refractivity contribution in [3.05, 3.63) is 22.4 Å². The molecule has 0 aliphatic heterocycles. The van der Waals surface area contributed by atoms with Gasteiger partial charge in [0.15, 0.2) is 0 Å². The molecule has 14 heavy (non-hydrogen) atoms. The van der Waals surface area contributed by atoms with Crippen LogP contribution in [0.3, 0.4) is 0 Å². The van der Waals surface area contributed by atoms with Crippen LogP contribution >= 0.6 is 11.3 Å². The van der Waals surface area contributed by atoms with Crippen LogP contribution in [0.4, 0.5) is 0 Å². The summed E-state index contributed by atoms with van der Waals surface area (Å²) in [6.07, 6.45) is 3.83.